The molecule has 1 heterocycles. The van der Waals surface area contributed by atoms with Crippen LogP contribution in [0.25, 0.3) is 0 Å². The number of rotatable bonds is 5. The molecule has 0 spiro atoms. The van der Waals surface area contributed by atoms with E-state index in [-0.39, 0.29) is 21.9 Å². The molecule has 6 nitrogen and oxygen atoms in total. The Bertz CT molecular complexity index is 1260. The summed E-state index contributed by atoms with van der Waals surface area (Å²) in [4.78, 5) is 11.5. The van der Waals surface area contributed by atoms with Crippen molar-refractivity contribution in [2.24, 2.45) is 5.41 Å². The quantitative estimate of drug-likeness (QED) is 0.495. The highest BCUT2D eigenvalue weighted by Gasteiger charge is 2.36. The zero-order valence-electron chi connectivity index (χ0n) is 18.2. The van der Waals surface area contributed by atoms with Gasteiger partial charge < -0.3 is 10.4 Å². The third-order valence-corrected chi connectivity index (χ3v) is 7.30. The first-order chi connectivity index (χ1) is 15.0. The van der Waals surface area contributed by atoms with E-state index in [1.165, 1.54) is 0 Å². The molecule has 1 aliphatic rings. The molecule has 1 atom stereocenters. The zero-order chi connectivity index (χ0) is 23.1. The van der Waals surface area contributed by atoms with Gasteiger partial charge in [-0.05, 0) is 72.4 Å². The monoisotopic (exact) mass is 450 g/mol. The number of anilines is 2. The summed E-state index contributed by atoms with van der Waals surface area (Å²) in [6.45, 7) is 6.18. The van der Waals surface area contributed by atoms with Gasteiger partial charge in [-0.15, -0.1) is 0 Å². The number of aromatic carboxylic acids is 1. The Hall–Kier alpha value is -3.32. The van der Waals surface area contributed by atoms with Crippen LogP contribution in [0, 0.1) is 12.3 Å². The predicted molar refractivity (Wildman–Crippen MR) is 126 cm³/mol. The summed E-state index contributed by atoms with van der Waals surface area (Å²) >= 11 is 0. The largest absolute Gasteiger partial charge is 0.478 e. The van der Waals surface area contributed by atoms with Crippen LogP contribution >= 0.6 is 0 Å². The molecule has 4 rings (SSSR count). The van der Waals surface area contributed by atoms with E-state index in [1.807, 2.05) is 31.2 Å². The van der Waals surface area contributed by atoms with Crippen molar-refractivity contribution in [1.82, 2.24) is 0 Å². The maximum absolute atomic E-state index is 12.8. The minimum absolute atomic E-state index is 0.0486. The Kier molecular flexibility index (Phi) is 5.46. The molecular weight excluding hydrogens is 424 g/mol. The van der Waals surface area contributed by atoms with Crippen molar-refractivity contribution in [3.63, 3.8) is 0 Å². The molecule has 0 aromatic heterocycles. The van der Waals surface area contributed by atoms with Gasteiger partial charge >= 0.3 is 5.97 Å². The van der Waals surface area contributed by atoms with Crippen LogP contribution in [-0.2, 0) is 16.4 Å². The van der Waals surface area contributed by atoms with E-state index >= 15 is 0 Å². The topological polar surface area (TPSA) is 95.5 Å². The maximum atomic E-state index is 12.8. The van der Waals surface area contributed by atoms with E-state index in [0.29, 0.717) is 12.1 Å². The van der Waals surface area contributed by atoms with Crippen LogP contribution in [0.3, 0.4) is 0 Å². The fourth-order valence-electron chi connectivity index (χ4n) is 4.17. The van der Waals surface area contributed by atoms with Crippen molar-refractivity contribution in [3.8, 4) is 0 Å². The Morgan fingerprint density at radius 2 is 1.69 bits per heavy atom. The third-order valence-electron chi connectivity index (χ3n) is 5.91. The smallest absolute Gasteiger partial charge is 0.335 e. The van der Waals surface area contributed by atoms with Crippen molar-refractivity contribution in [1.29, 1.82) is 0 Å². The Morgan fingerprint density at radius 3 is 2.31 bits per heavy atom. The number of fused-ring (bicyclic) bond motifs is 1. The van der Waals surface area contributed by atoms with Gasteiger partial charge in [-0.2, -0.15) is 0 Å². The summed E-state index contributed by atoms with van der Waals surface area (Å²) in [6.07, 6.45) is 0.705. The van der Waals surface area contributed by atoms with Crippen molar-refractivity contribution in [3.05, 3.63) is 89.0 Å². The number of carbonyl (C=O) groups is 1. The molecule has 0 fully saturated rings. The van der Waals surface area contributed by atoms with Crippen molar-refractivity contribution in [2.45, 2.75) is 38.1 Å². The number of benzene rings is 3. The number of hydrogen-bond donors (Lipinski definition) is 3. The molecule has 3 N–H and O–H groups in total. The minimum Gasteiger partial charge on any atom is -0.478 e. The summed E-state index contributed by atoms with van der Waals surface area (Å²) < 4.78 is 28.2. The number of aryl methyl sites for hydroxylation is 1. The van der Waals surface area contributed by atoms with Crippen molar-refractivity contribution >= 4 is 27.4 Å². The molecule has 0 bridgehead atoms. The second-order valence-corrected chi connectivity index (χ2v) is 10.6. The minimum atomic E-state index is -3.69. The fraction of sp³-hybridized carbons (Fsp3) is 0.240. The lowest BCUT2D eigenvalue weighted by atomic mass is 9.73. The molecule has 0 radical (unpaired) electrons. The molecule has 166 valence electrons. The molecule has 0 saturated heterocycles. The van der Waals surface area contributed by atoms with E-state index < -0.39 is 16.0 Å². The second kappa shape index (κ2) is 7.98. The zero-order valence-corrected chi connectivity index (χ0v) is 19.0. The number of carboxylic acid groups (broad SMARTS) is 1. The Labute approximate surface area is 188 Å². The van der Waals surface area contributed by atoms with Gasteiger partial charge in [-0.25, -0.2) is 13.2 Å². The van der Waals surface area contributed by atoms with Crippen molar-refractivity contribution < 1.29 is 18.3 Å². The van der Waals surface area contributed by atoms with Crippen LogP contribution in [0.4, 0.5) is 11.4 Å². The molecule has 0 amide bonds. The van der Waals surface area contributed by atoms with Crippen LogP contribution in [0.2, 0.25) is 0 Å². The average molecular weight is 451 g/mol. The normalized spacial score (nSPS) is 17.2. The number of hydrogen-bond acceptors (Lipinski definition) is 4. The van der Waals surface area contributed by atoms with Crippen LogP contribution in [0.15, 0.2) is 71.6 Å². The number of nitrogens with one attached hydrogen (secondary N) is 2. The standard InChI is InChI=1S/C25H26N2O4S/c1-16-4-9-20(10-5-16)27-32(30,31)21-11-6-17(7-12-21)23-25(2,3)15-19-14-18(24(28)29)8-13-22(19)26-23/h4-14,23,26-27H,15H2,1-3H3,(H,28,29). The van der Waals surface area contributed by atoms with Gasteiger partial charge in [0.1, 0.15) is 0 Å². The number of carboxylic acids is 1. The summed E-state index contributed by atoms with van der Waals surface area (Å²) in [5.74, 6) is -0.941. The van der Waals surface area contributed by atoms with Crippen molar-refractivity contribution in [2.75, 3.05) is 10.0 Å². The van der Waals surface area contributed by atoms with Gasteiger partial charge in [0.15, 0.2) is 0 Å². The van der Waals surface area contributed by atoms with E-state index in [2.05, 4.69) is 23.9 Å². The van der Waals surface area contributed by atoms with Crippen LogP contribution in [0.1, 0.15) is 46.9 Å². The molecule has 1 unspecified atom stereocenters. The summed E-state index contributed by atoms with van der Waals surface area (Å²) in [5, 5.41) is 12.8. The van der Waals surface area contributed by atoms with Gasteiger partial charge in [0.2, 0.25) is 0 Å². The highest BCUT2D eigenvalue weighted by atomic mass is 32.2. The maximum Gasteiger partial charge on any atom is 0.335 e. The van der Waals surface area contributed by atoms with Crippen LogP contribution in [-0.4, -0.2) is 19.5 Å². The van der Waals surface area contributed by atoms with Gasteiger partial charge in [-0.3, -0.25) is 4.72 Å². The lowest BCUT2D eigenvalue weighted by Gasteiger charge is -2.41. The number of sulfonamides is 1. The SMILES string of the molecule is Cc1ccc(NS(=O)(=O)c2ccc(C3Nc4ccc(C(=O)O)cc4CC3(C)C)cc2)cc1. The van der Waals surface area contributed by atoms with E-state index in [0.717, 1.165) is 22.4 Å². The molecule has 3 aromatic carbocycles. The lowest BCUT2D eigenvalue weighted by molar-refractivity contribution is 0.0696. The average Bonchev–Trinajstić information content (AvgIpc) is 2.74. The summed E-state index contributed by atoms with van der Waals surface area (Å²) in [6, 6.07) is 19.2. The van der Waals surface area contributed by atoms with E-state index in [9.17, 15) is 18.3 Å². The van der Waals surface area contributed by atoms with Gasteiger partial charge in [-0.1, -0.05) is 43.7 Å². The highest BCUT2D eigenvalue weighted by molar-refractivity contribution is 7.92. The first kappa shape index (κ1) is 21.9. The van der Waals surface area contributed by atoms with Gasteiger partial charge in [0.05, 0.1) is 16.5 Å². The summed E-state index contributed by atoms with van der Waals surface area (Å²) in [7, 11) is -3.69. The van der Waals surface area contributed by atoms with E-state index in [4.69, 9.17) is 0 Å². The predicted octanol–water partition coefficient (Wildman–Crippen LogP) is 5.23. The molecule has 0 aliphatic carbocycles. The van der Waals surface area contributed by atoms with E-state index in [1.54, 1.807) is 42.5 Å². The first-order valence-corrected chi connectivity index (χ1v) is 11.9. The molecule has 32 heavy (non-hydrogen) atoms. The highest BCUT2D eigenvalue weighted by Crippen LogP contribution is 2.45. The van der Waals surface area contributed by atoms with Gasteiger partial charge in [0.25, 0.3) is 10.0 Å². The lowest BCUT2D eigenvalue weighted by Crippen LogP contribution is -2.35. The molecule has 0 saturated carbocycles. The summed E-state index contributed by atoms with van der Waals surface area (Å²) in [5.41, 5.74) is 4.48. The van der Waals surface area contributed by atoms with Gasteiger partial charge in [0, 0.05) is 11.4 Å². The fourth-order valence-corrected chi connectivity index (χ4v) is 5.23. The molecular formula is C25H26N2O4S. The Morgan fingerprint density at radius 1 is 1.03 bits per heavy atom. The van der Waals surface area contributed by atoms with Crippen LogP contribution < -0.4 is 10.0 Å². The first-order valence-electron chi connectivity index (χ1n) is 10.4. The molecule has 1 aliphatic heterocycles. The Balaban J connectivity index is 1.58. The molecule has 7 heteroatoms. The van der Waals surface area contributed by atoms with Crippen LogP contribution in [0.5, 0.6) is 0 Å². The second-order valence-electron chi connectivity index (χ2n) is 8.96. The third kappa shape index (κ3) is 4.34. The molecule has 3 aromatic rings.